The zero-order valence-electron chi connectivity index (χ0n) is 27.4. The van der Waals surface area contributed by atoms with E-state index in [2.05, 4.69) is 5.32 Å². The molecule has 0 unspecified atom stereocenters. The van der Waals surface area contributed by atoms with E-state index in [-0.39, 0.29) is 35.2 Å². The van der Waals surface area contributed by atoms with E-state index in [1.54, 1.807) is 36.4 Å². The van der Waals surface area contributed by atoms with Gasteiger partial charge in [0.15, 0.2) is 0 Å². The van der Waals surface area contributed by atoms with Crippen molar-refractivity contribution in [3.8, 4) is 11.5 Å². The number of hydrogen-bond donors (Lipinski definition) is 1. The van der Waals surface area contributed by atoms with Crippen LogP contribution in [0.2, 0.25) is 0 Å². The quantitative estimate of drug-likeness (QED) is 0.154. The van der Waals surface area contributed by atoms with E-state index in [0.717, 1.165) is 33.8 Å². The van der Waals surface area contributed by atoms with Gasteiger partial charge in [0.1, 0.15) is 24.1 Å². The fraction of sp³-hybridized carbons (Fsp3) is 0.297. The Labute approximate surface area is 278 Å². The molecule has 1 atom stereocenters. The van der Waals surface area contributed by atoms with Crippen molar-refractivity contribution in [1.29, 1.82) is 0 Å². The summed E-state index contributed by atoms with van der Waals surface area (Å²) in [5.74, 6) is -0.0728. The fourth-order valence-corrected chi connectivity index (χ4v) is 6.60. The number of ether oxygens (including phenoxy) is 2. The molecule has 0 aliphatic rings. The molecule has 0 aliphatic heterocycles. The van der Waals surface area contributed by atoms with E-state index < -0.39 is 28.5 Å². The molecular weight excluding hydrogens is 614 g/mol. The van der Waals surface area contributed by atoms with Crippen LogP contribution in [-0.4, -0.2) is 58.5 Å². The summed E-state index contributed by atoms with van der Waals surface area (Å²) < 4.78 is 40.4. The third-order valence-electron chi connectivity index (χ3n) is 7.85. The Morgan fingerprint density at radius 1 is 0.809 bits per heavy atom. The van der Waals surface area contributed by atoms with Crippen molar-refractivity contribution in [2.75, 3.05) is 31.6 Å². The van der Waals surface area contributed by atoms with Crippen LogP contribution in [0.3, 0.4) is 0 Å². The van der Waals surface area contributed by atoms with Crippen LogP contribution < -0.4 is 19.1 Å². The summed E-state index contributed by atoms with van der Waals surface area (Å²) in [7, 11) is -1.35. The number of sulfonamides is 1. The van der Waals surface area contributed by atoms with Crippen LogP contribution in [0, 0.1) is 6.92 Å². The normalized spacial score (nSPS) is 11.7. The molecule has 0 fully saturated rings. The zero-order chi connectivity index (χ0) is 33.8. The Bertz CT molecular complexity index is 1710. The minimum absolute atomic E-state index is 0.0276. The van der Waals surface area contributed by atoms with Crippen molar-refractivity contribution >= 4 is 27.5 Å². The maximum atomic E-state index is 14.6. The van der Waals surface area contributed by atoms with Crippen LogP contribution in [0.4, 0.5) is 5.69 Å². The van der Waals surface area contributed by atoms with E-state index in [1.807, 2.05) is 68.4 Å². The van der Waals surface area contributed by atoms with Gasteiger partial charge in [0, 0.05) is 19.5 Å². The predicted octanol–water partition coefficient (Wildman–Crippen LogP) is 5.76. The van der Waals surface area contributed by atoms with Crippen LogP contribution in [0.5, 0.6) is 11.5 Å². The molecule has 9 nitrogen and oxygen atoms in total. The van der Waals surface area contributed by atoms with Crippen LogP contribution in [-0.2, 0) is 32.6 Å². The lowest BCUT2D eigenvalue weighted by atomic mass is 10.0. The monoisotopic (exact) mass is 657 g/mol. The second-order valence-electron chi connectivity index (χ2n) is 11.2. The average molecular weight is 658 g/mol. The molecular formula is C37H43N3O6S. The fourth-order valence-electron chi connectivity index (χ4n) is 5.17. The molecule has 47 heavy (non-hydrogen) atoms. The summed E-state index contributed by atoms with van der Waals surface area (Å²) in [5, 5.41) is 3.01. The highest BCUT2D eigenvalue weighted by molar-refractivity contribution is 7.92. The number of para-hydroxylation sites is 2. The molecule has 4 aromatic carbocycles. The SMILES string of the molecule is CCCCNC(=O)[C@H](Cc1ccccc1)N(Cc1ccc(C)cc1)C(=O)CN(c1ccccc1OC)S(=O)(=O)c1ccc(OC)cc1. The molecule has 0 heterocycles. The van der Waals surface area contributed by atoms with E-state index in [4.69, 9.17) is 9.47 Å². The highest BCUT2D eigenvalue weighted by Crippen LogP contribution is 2.33. The summed E-state index contributed by atoms with van der Waals surface area (Å²) in [4.78, 5) is 30.0. The van der Waals surface area contributed by atoms with Crippen molar-refractivity contribution < 1.29 is 27.5 Å². The number of carbonyl (C=O) groups is 2. The van der Waals surface area contributed by atoms with Crippen molar-refractivity contribution in [3.63, 3.8) is 0 Å². The molecule has 0 spiro atoms. The van der Waals surface area contributed by atoms with Gasteiger partial charge in [-0.15, -0.1) is 0 Å². The molecule has 0 aliphatic carbocycles. The number of rotatable bonds is 16. The minimum Gasteiger partial charge on any atom is -0.497 e. The molecule has 4 aromatic rings. The first kappa shape index (κ1) is 35.0. The molecule has 1 N–H and O–H groups in total. The molecule has 0 radical (unpaired) electrons. The van der Waals surface area contributed by atoms with Crippen molar-refractivity contribution in [2.24, 2.45) is 0 Å². The van der Waals surface area contributed by atoms with E-state index >= 15 is 0 Å². The van der Waals surface area contributed by atoms with Gasteiger partial charge in [-0.2, -0.15) is 0 Å². The number of carbonyl (C=O) groups excluding carboxylic acids is 2. The molecule has 0 bridgehead atoms. The third kappa shape index (κ3) is 9.13. The van der Waals surface area contributed by atoms with E-state index in [0.29, 0.717) is 12.3 Å². The average Bonchev–Trinajstić information content (AvgIpc) is 3.09. The number of nitrogens with one attached hydrogen (secondary N) is 1. The van der Waals surface area contributed by atoms with Gasteiger partial charge in [-0.1, -0.05) is 85.6 Å². The van der Waals surface area contributed by atoms with Crippen molar-refractivity contribution in [3.05, 3.63) is 120 Å². The lowest BCUT2D eigenvalue weighted by molar-refractivity contribution is -0.140. The van der Waals surface area contributed by atoms with Gasteiger partial charge in [0.05, 0.1) is 24.8 Å². The molecule has 0 saturated carbocycles. The van der Waals surface area contributed by atoms with Crippen molar-refractivity contribution in [2.45, 2.75) is 50.6 Å². The number of hydrogen-bond acceptors (Lipinski definition) is 6. The second-order valence-corrected chi connectivity index (χ2v) is 13.1. The smallest absolute Gasteiger partial charge is 0.264 e. The lowest BCUT2D eigenvalue weighted by Gasteiger charge is -2.34. The largest absolute Gasteiger partial charge is 0.497 e. The minimum atomic E-state index is -4.29. The first-order valence-electron chi connectivity index (χ1n) is 15.6. The summed E-state index contributed by atoms with van der Waals surface area (Å²) in [5.41, 5.74) is 2.93. The predicted molar refractivity (Wildman–Crippen MR) is 184 cm³/mol. The van der Waals surface area contributed by atoms with Gasteiger partial charge < -0.3 is 19.7 Å². The van der Waals surface area contributed by atoms with Crippen LogP contribution in [0.15, 0.2) is 108 Å². The van der Waals surface area contributed by atoms with Gasteiger partial charge >= 0.3 is 0 Å². The third-order valence-corrected chi connectivity index (χ3v) is 9.63. The van der Waals surface area contributed by atoms with Crippen molar-refractivity contribution in [1.82, 2.24) is 10.2 Å². The summed E-state index contributed by atoms with van der Waals surface area (Å²) in [6.07, 6.45) is 1.93. The summed E-state index contributed by atoms with van der Waals surface area (Å²) in [6, 6.07) is 28.9. The van der Waals surface area contributed by atoms with Crippen LogP contribution in [0.1, 0.15) is 36.5 Å². The summed E-state index contributed by atoms with van der Waals surface area (Å²) in [6.45, 7) is 4.00. The molecule has 248 valence electrons. The molecule has 10 heteroatoms. The number of amides is 2. The van der Waals surface area contributed by atoms with Gasteiger partial charge in [-0.25, -0.2) is 8.42 Å². The number of aryl methyl sites for hydroxylation is 1. The summed E-state index contributed by atoms with van der Waals surface area (Å²) >= 11 is 0. The van der Waals surface area contributed by atoms with Crippen LogP contribution in [0.25, 0.3) is 0 Å². The first-order valence-corrected chi connectivity index (χ1v) is 17.1. The standard InChI is InChI=1S/C37H43N3O6S/c1-5-6-24-38-37(42)34(25-29-12-8-7-9-13-29)39(26-30-18-16-28(2)17-19-30)36(41)27-40(33-14-10-11-15-35(33)46-4)47(43,44)32-22-20-31(45-3)21-23-32/h7-23,34H,5-6,24-27H2,1-4H3,(H,38,42)/t34-/m0/s1. The Hall–Kier alpha value is -4.83. The highest BCUT2D eigenvalue weighted by Gasteiger charge is 2.35. The van der Waals surface area contributed by atoms with E-state index in [1.165, 1.54) is 31.3 Å². The number of anilines is 1. The molecule has 0 saturated heterocycles. The second kappa shape index (κ2) is 16.6. The Balaban J connectivity index is 1.81. The van der Waals surface area contributed by atoms with E-state index in [9.17, 15) is 18.0 Å². The topological polar surface area (TPSA) is 105 Å². The molecule has 2 amide bonds. The van der Waals surface area contributed by atoms with Gasteiger partial charge in [0.2, 0.25) is 11.8 Å². The molecule has 0 aromatic heterocycles. The number of nitrogens with zero attached hydrogens (tertiary/aromatic N) is 2. The van der Waals surface area contributed by atoms with Gasteiger partial charge in [-0.05, 0) is 60.9 Å². The maximum absolute atomic E-state index is 14.6. The molecule has 4 rings (SSSR count). The van der Waals surface area contributed by atoms with Gasteiger partial charge in [0.25, 0.3) is 10.0 Å². The number of benzene rings is 4. The lowest BCUT2D eigenvalue weighted by Crippen LogP contribution is -2.53. The zero-order valence-corrected chi connectivity index (χ0v) is 28.2. The Morgan fingerprint density at radius 2 is 1.47 bits per heavy atom. The number of unbranched alkanes of at least 4 members (excludes halogenated alkanes) is 1. The Kier molecular flexibility index (Phi) is 12.4. The maximum Gasteiger partial charge on any atom is 0.264 e. The number of methoxy groups -OCH3 is 2. The highest BCUT2D eigenvalue weighted by atomic mass is 32.2. The van der Waals surface area contributed by atoms with Gasteiger partial charge in [-0.3, -0.25) is 13.9 Å². The van der Waals surface area contributed by atoms with Crippen LogP contribution >= 0.6 is 0 Å². The Morgan fingerprint density at radius 3 is 2.11 bits per heavy atom. The first-order chi connectivity index (χ1) is 22.7.